The van der Waals surface area contributed by atoms with Crippen LogP contribution in [0.2, 0.25) is 0 Å². The van der Waals surface area contributed by atoms with Gasteiger partial charge in [-0.3, -0.25) is 4.79 Å². The van der Waals surface area contributed by atoms with Crippen LogP contribution in [-0.4, -0.2) is 25.0 Å². The van der Waals surface area contributed by atoms with Crippen LogP contribution in [0.4, 0.5) is 0 Å². The average molecular weight is 186 g/mol. The van der Waals surface area contributed by atoms with Crippen molar-refractivity contribution in [1.82, 2.24) is 10.6 Å². The largest absolute Gasteiger partial charge is 0.353 e. The first kappa shape index (κ1) is 12.4. The van der Waals surface area contributed by atoms with E-state index in [-0.39, 0.29) is 18.0 Å². The summed E-state index contributed by atoms with van der Waals surface area (Å²) in [5.74, 6) is 0.482. The number of hydrogen-bond donors (Lipinski definition) is 2. The molecule has 0 aromatic rings. The molecule has 0 rings (SSSR count). The van der Waals surface area contributed by atoms with Gasteiger partial charge in [-0.1, -0.05) is 20.3 Å². The van der Waals surface area contributed by atoms with E-state index in [1.807, 2.05) is 20.9 Å². The number of amides is 1. The normalized spacial score (nSPS) is 15.5. The molecule has 0 aliphatic rings. The number of carbonyl (C=O) groups is 1. The second-order valence-corrected chi connectivity index (χ2v) is 3.82. The van der Waals surface area contributed by atoms with Gasteiger partial charge in [-0.2, -0.15) is 0 Å². The van der Waals surface area contributed by atoms with Crippen molar-refractivity contribution in [1.29, 1.82) is 0 Å². The molecule has 0 spiro atoms. The lowest BCUT2D eigenvalue weighted by molar-refractivity contribution is -0.124. The van der Waals surface area contributed by atoms with Crippen LogP contribution in [0.5, 0.6) is 0 Å². The summed E-state index contributed by atoms with van der Waals surface area (Å²) in [6.07, 6.45) is 1.01. The molecule has 0 heterocycles. The highest BCUT2D eigenvalue weighted by Gasteiger charge is 2.21. The van der Waals surface area contributed by atoms with Crippen molar-refractivity contribution >= 4 is 5.91 Å². The third-order valence-corrected chi connectivity index (χ3v) is 2.24. The number of nitrogens with one attached hydrogen (secondary N) is 2. The van der Waals surface area contributed by atoms with Gasteiger partial charge in [0.15, 0.2) is 0 Å². The van der Waals surface area contributed by atoms with Gasteiger partial charge in [0.05, 0.1) is 6.04 Å². The maximum Gasteiger partial charge on any atom is 0.237 e. The van der Waals surface area contributed by atoms with E-state index in [9.17, 15) is 4.79 Å². The van der Waals surface area contributed by atoms with Crippen molar-refractivity contribution in [3.8, 4) is 0 Å². The first-order valence-electron chi connectivity index (χ1n) is 5.00. The fraction of sp³-hybridized carbons (Fsp3) is 0.900. The fourth-order valence-corrected chi connectivity index (χ4v) is 1.28. The molecule has 0 aromatic heterocycles. The van der Waals surface area contributed by atoms with Gasteiger partial charge in [0.25, 0.3) is 0 Å². The van der Waals surface area contributed by atoms with E-state index in [2.05, 4.69) is 24.5 Å². The molecule has 78 valence electrons. The summed E-state index contributed by atoms with van der Waals surface area (Å²) in [5.41, 5.74) is 0. The van der Waals surface area contributed by atoms with Gasteiger partial charge in [0, 0.05) is 6.04 Å². The third kappa shape index (κ3) is 4.27. The molecule has 13 heavy (non-hydrogen) atoms. The molecule has 3 nitrogen and oxygen atoms in total. The van der Waals surface area contributed by atoms with Crippen LogP contribution in [0.1, 0.15) is 34.1 Å². The molecule has 0 aromatic carbocycles. The van der Waals surface area contributed by atoms with E-state index in [0.717, 1.165) is 6.42 Å². The molecule has 0 bridgehead atoms. The van der Waals surface area contributed by atoms with E-state index < -0.39 is 0 Å². The van der Waals surface area contributed by atoms with Gasteiger partial charge >= 0.3 is 0 Å². The highest BCUT2D eigenvalue weighted by Crippen LogP contribution is 2.07. The van der Waals surface area contributed by atoms with Crippen LogP contribution in [0, 0.1) is 5.92 Å². The molecule has 0 aliphatic carbocycles. The Hall–Kier alpha value is -0.570. The molecule has 0 radical (unpaired) electrons. The van der Waals surface area contributed by atoms with Crippen molar-refractivity contribution in [3.05, 3.63) is 0 Å². The number of rotatable bonds is 5. The fourth-order valence-electron chi connectivity index (χ4n) is 1.28. The van der Waals surface area contributed by atoms with Crippen LogP contribution >= 0.6 is 0 Å². The molecule has 2 N–H and O–H groups in total. The number of hydrogen-bond acceptors (Lipinski definition) is 2. The Morgan fingerprint density at radius 2 is 1.85 bits per heavy atom. The highest BCUT2D eigenvalue weighted by molar-refractivity contribution is 5.82. The van der Waals surface area contributed by atoms with Crippen molar-refractivity contribution < 1.29 is 4.79 Å². The molecule has 1 amide bonds. The first-order chi connectivity index (χ1) is 6.02. The minimum Gasteiger partial charge on any atom is -0.353 e. The zero-order chi connectivity index (χ0) is 10.4. The summed E-state index contributed by atoms with van der Waals surface area (Å²) in [6.45, 7) is 8.13. The van der Waals surface area contributed by atoms with Crippen LogP contribution in [0.15, 0.2) is 0 Å². The minimum atomic E-state index is -0.0626. The van der Waals surface area contributed by atoms with Crippen molar-refractivity contribution in [2.45, 2.75) is 46.2 Å². The van der Waals surface area contributed by atoms with Crippen LogP contribution in [0.25, 0.3) is 0 Å². The topological polar surface area (TPSA) is 41.1 Å². The van der Waals surface area contributed by atoms with Gasteiger partial charge in [0.2, 0.25) is 5.91 Å². The van der Waals surface area contributed by atoms with Crippen LogP contribution in [-0.2, 0) is 4.79 Å². The Balaban J connectivity index is 4.15. The zero-order valence-corrected chi connectivity index (χ0v) is 9.35. The lowest BCUT2D eigenvalue weighted by Crippen LogP contribution is -2.48. The minimum absolute atomic E-state index is 0.0626. The van der Waals surface area contributed by atoms with Gasteiger partial charge in [0.1, 0.15) is 0 Å². The van der Waals surface area contributed by atoms with E-state index in [1.165, 1.54) is 0 Å². The molecule has 0 saturated heterocycles. The van der Waals surface area contributed by atoms with Crippen LogP contribution < -0.4 is 10.6 Å². The second-order valence-electron chi connectivity index (χ2n) is 3.82. The number of carbonyl (C=O) groups excluding carboxylic acids is 1. The predicted molar refractivity (Wildman–Crippen MR) is 55.6 cm³/mol. The molecule has 0 saturated carbocycles. The average Bonchev–Trinajstić information content (AvgIpc) is 2.03. The predicted octanol–water partition coefficient (Wildman–Crippen LogP) is 1.15. The molecule has 0 aliphatic heterocycles. The van der Waals surface area contributed by atoms with Crippen LogP contribution in [0.3, 0.4) is 0 Å². The lowest BCUT2D eigenvalue weighted by atomic mass is 9.98. The van der Waals surface area contributed by atoms with Gasteiger partial charge in [-0.05, 0) is 26.8 Å². The van der Waals surface area contributed by atoms with Gasteiger partial charge in [-0.25, -0.2) is 0 Å². The van der Waals surface area contributed by atoms with Crippen molar-refractivity contribution in [3.63, 3.8) is 0 Å². The summed E-state index contributed by atoms with van der Waals surface area (Å²) in [5, 5.41) is 5.95. The smallest absolute Gasteiger partial charge is 0.237 e. The summed E-state index contributed by atoms with van der Waals surface area (Å²) in [7, 11) is 1.83. The molecule has 2 unspecified atom stereocenters. The Morgan fingerprint density at radius 1 is 1.31 bits per heavy atom. The second kappa shape index (κ2) is 5.97. The zero-order valence-electron chi connectivity index (χ0n) is 9.35. The molecular weight excluding hydrogens is 164 g/mol. The maximum absolute atomic E-state index is 11.6. The monoisotopic (exact) mass is 186 g/mol. The molecule has 2 atom stereocenters. The summed E-state index contributed by atoms with van der Waals surface area (Å²) in [4.78, 5) is 11.6. The van der Waals surface area contributed by atoms with Crippen molar-refractivity contribution in [2.24, 2.45) is 5.92 Å². The summed E-state index contributed by atoms with van der Waals surface area (Å²) in [6, 6.07) is 0.153. The highest BCUT2D eigenvalue weighted by atomic mass is 16.2. The van der Waals surface area contributed by atoms with Gasteiger partial charge < -0.3 is 10.6 Å². The summed E-state index contributed by atoms with van der Waals surface area (Å²) >= 11 is 0. The Labute approximate surface area is 81.3 Å². The Morgan fingerprint density at radius 3 is 2.15 bits per heavy atom. The Bertz CT molecular complexity index is 157. The summed E-state index contributed by atoms with van der Waals surface area (Å²) < 4.78 is 0. The van der Waals surface area contributed by atoms with Crippen molar-refractivity contribution in [2.75, 3.05) is 7.05 Å². The maximum atomic E-state index is 11.6. The van der Waals surface area contributed by atoms with E-state index in [4.69, 9.17) is 0 Å². The third-order valence-electron chi connectivity index (χ3n) is 2.24. The first-order valence-corrected chi connectivity index (χ1v) is 5.00. The molecule has 0 fully saturated rings. The number of likely N-dealkylation sites (N-methyl/N-ethyl adjacent to an activating group) is 1. The van der Waals surface area contributed by atoms with E-state index in [0.29, 0.717) is 5.92 Å². The Kier molecular flexibility index (Phi) is 5.71. The van der Waals surface area contributed by atoms with E-state index in [1.54, 1.807) is 0 Å². The quantitative estimate of drug-likeness (QED) is 0.676. The van der Waals surface area contributed by atoms with E-state index >= 15 is 0 Å². The van der Waals surface area contributed by atoms with Gasteiger partial charge in [-0.15, -0.1) is 0 Å². The SMILES string of the molecule is CCC(C)C(NC)C(=O)NC(C)C. The molecule has 3 heteroatoms. The molecular formula is C10H22N2O. The standard InChI is InChI=1S/C10H22N2O/c1-6-8(4)9(11-5)10(13)12-7(2)3/h7-9,11H,6H2,1-5H3,(H,12,13). The lowest BCUT2D eigenvalue weighted by Gasteiger charge is -2.22.